The predicted octanol–water partition coefficient (Wildman–Crippen LogP) is 3.76. The van der Waals surface area contributed by atoms with Gasteiger partial charge in [0.1, 0.15) is 11.6 Å². The van der Waals surface area contributed by atoms with Gasteiger partial charge in [-0.1, -0.05) is 17.7 Å². The second kappa shape index (κ2) is 6.92. The first-order valence-electron chi connectivity index (χ1n) is 6.42. The van der Waals surface area contributed by atoms with E-state index < -0.39 is 17.8 Å². The Morgan fingerprint density at radius 2 is 2.14 bits per heavy atom. The summed E-state index contributed by atoms with van der Waals surface area (Å²) >= 11 is 5.65. The van der Waals surface area contributed by atoms with Crippen molar-refractivity contribution < 1.29 is 13.9 Å². The molecule has 22 heavy (non-hydrogen) atoms. The summed E-state index contributed by atoms with van der Waals surface area (Å²) in [5.74, 6) is -0.658. The maximum Gasteiger partial charge on any atom is 0.265 e. The first-order chi connectivity index (χ1) is 10.5. The highest BCUT2D eigenvalue weighted by molar-refractivity contribution is 6.30. The number of ether oxygens (including phenoxy) is 1. The molecular formula is C16H12ClFN2O2. The average Bonchev–Trinajstić information content (AvgIpc) is 2.51. The van der Waals surface area contributed by atoms with Gasteiger partial charge in [-0.2, -0.15) is 5.26 Å². The number of carbonyl (C=O) groups excluding carboxylic acids is 1. The normalized spacial score (nSPS) is 11.4. The Labute approximate surface area is 132 Å². The highest BCUT2D eigenvalue weighted by Crippen LogP contribution is 2.22. The molecule has 0 bridgehead atoms. The first-order valence-corrected chi connectivity index (χ1v) is 6.80. The fourth-order valence-corrected chi connectivity index (χ4v) is 1.89. The number of amides is 1. The molecule has 0 aliphatic rings. The molecule has 6 heteroatoms. The van der Waals surface area contributed by atoms with Crippen LogP contribution < -0.4 is 10.1 Å². The molecule has 112 valence electrons. The number of nitrogens with one attached hydrogen (secondary N) is 1. The van der Waals surface area contributed by atoms with Crippen molar-refractivity contribution >= 4 is 23.2 Å². The van der Waals surface area contributed by atoms with Gasteiger partial charge >= 0.3 is 0 Å². The number of nitrogens with zero attached hydrogens (tertiary/aromatic N) is 1. The smallest absolute Gasteiger partial charge is 0.265 e. The van der Waals surface area contributed by atoms with Crippen LogP contribution in [0.15, 0.2) is 42.5 Å². The van der Waals surface area contributed by atoms with Crippen LogP contribution in [-0.2, 0) is 4.79 Å². The minimum Gasteiger partial charge on any atom is -0.481 e. The topological polar surface area (TPSA) is 62.1 Å². The molecule has 0 aromatic heterocycles. The number of nitriles is 1. The number of carbonyl (C=O) groups is 1. The number of hydrogen-bond donors (Lipinski definition) is 1. The third-order valence-corrected chi connectivity index (χ3v) is 3.12. The molecule has 1 atom stereocenters. The number of benzene rings is 2. The summed E-state index contributed by atoms with van der Waals surface area (Å²) in [7, 11) is 0. The fraction of sp³-hybridized carbons (Fsp3) is 0.125. The summed E-state index contributed by atoms with van der Waals surface area (Å²) in [4.78, 5) is 12.0. The summed E-state index contributed by atoms with van der Waals surface area (Å²) in [5.41, 5.74) is 0.938. The molecule has 0 saturated heterocycles. The van der Waals surface area contributed by atoms with Gasteiger partial charge in [-0.15, -0.1) is 0 Å². The van der Waals surface area contributed by atoms with E-state index in [0.29, 0.717) is 17.0 Å². The van der Waals surface area contributed by atoms with Crippen LogP contribution in [0.5, 0.6) is 5.75 Å². The first kappa shape index (κ1) is 15.8. The lowest BCUT2D eigenvalue weighted by atomic mass is 10.2. The largest absolute Gasteiger partial charge is 0.481 e. The van der Waals surface area contributed by atoms with E-state index in [4.69, 9.17) is 21.6 Å². The lowest BCUT2D eigenvalue weighted by molar-refractivity contribution is -0.122. The lowest BCUT2D eigenvalue weighted by Crippen LogP contribution is -2.30. The minimum absolute atomic E-state index is 0.0770. The van der Waals surface area contributed by atoms with Gasteiger partial charge in [0.2, 0.25) is 0 Å². The molecule has 0 fully saturated rings. The lowest BCUT2D eigenvalue weighted by Gasteiger charge is -2.15. The number of halogens is 2. The highest BCUT2D eigenvalue weighted by atomic mass is 35.5. The van der Waals surface area contributed by atoms with Crippen LogP contribution in [0.2, 0.25) is 5.02 Å². The molecule has 1 amide bonds. The minimum atomic E-state index is -0.813. The van der Waals surface area contributed by atoms with Crippen LogP contribution in [0.3, 0.4) is 0 Å². The molecule has 0 aliphatic carbocycles. The zero-order valence-corrected chi connectivity index (χ0v) is 12.4. The highest BCUT2D eigenvalue weighted by Gasteiger charge is 2.15. The van der Waals surface area contributed by atoms with Gasteiger partial charge < -0.3 is 10.1 Å². The Hall–Kier alpha value is -2.58. The Kier molecular flexibility index (Phi) is 4.97. The Morgan fingerprint density at radius 3 is 2.82 bits per heavy atom. The van der Waals surface area contributed by atoms with Gasteiger partial charge in [0, 0.05) is 11.8 Å². The Morgan fingerprint density at radius 1 is 1.36 bits per heavy atom. The fourth-order valence-electron chi connectivity index (χ4n) is 1.72. The van der Waals surface area contributed by atoms with Crippen LogP contribution >= 0.6 is 11.6 Å². The molecule has 2 rings (SSSR count). The number of hydrogen-bond acceptors (Lipinski definition) is 3. The molecule has 1 N–H and O–H groups in total. The molecule has 0 heterocycles. The van der Waals surface area contributed by atoms with E-state index in [0.717, 1.165) is 0 Å². The van der Waals surface area contributed by atoms with Crippen molar-refractivity contribution in [3.8, 4) is 11.8 Å². The van der Waals surface area contributed by atoms with Gasteiger partial charge in [0.05, 0.1) is 16.7 Å². The van der Waals surface area contributed by atoms with Crippen molar-refractivity contribution in [1.29, 1.82) is 5.26 Å². The number of anilines is 1. The zero-order valence-electron chi connectivity index (χ0n) is 11.6. The number of rotatable bonds is 4. The van der Waals surface area contributed by atoms with Gasteiger partial charge in [0.25, 0.3) is 5.91 Å². The van der Waals surface area contributed by atoms with Gasteiger partial charge in [-0.25, -0.2) is 4.39 Å². The zero-order chi connectivity index (χ0) is 16.1. The predicted molar refractivity (Wildman–Crippen MR) is 81.3 cm³/mol. The molecule has 2 aromatic rings. The molecule has 0 spiro atoms. The van der Waals surface area contributed by atoms with Crippen LogP contribution in [0.1, 0.15) is 12.5 Å². The standard InChI is InChI=1S/C16H12ClFN2O2/c1-10(22-13-5-6-15(18)14(17)8-13)16(21)20-12-4-2-3-11(7-12)9-19/h2-8,10H,1H3,(H,20,21)/t10-/m1/s1. The van der Waals surface area contributed by atoms with E-state index in [1.54, 1.807) is 31.2 Å². The van der Waals surface area contributed by atoms with E-state index >= 15 is 0 Å². The molecule has 4 nitrogen and oxygen atoms in total. The van der Waals surface area contributed by atoms with Gasteiger partial charge in [0.15, 0.2) is 6.10 Å². The van der Waals surface area contributed by atoms with E-state index in [-0.39, 0.29) is 5.02 Å². The van der Waals surface area contributed by atoms with Crippen molar-refractivity contribution in [1.82, 2.24) is 0 Å². The molecule has 2 aromatic carbocycles. The third-order valence-electron chi connectivity index (χ3n) is 2.83. The average molecular weight is 319 g/mol. The molecule has 0 unspecified atom stereocenters. The molecular weight excluding hydrogens is 307 g/mol. The van der Waals surface area contributed by atoms with E-state index in [1.807, 2.05) is 6.07 Å². The van der Waals surface area contributed by atoms with Crippen molar-refractivity contribution in [3.05, 3.63) is 58.9 Å². The second-order valence-corrected chi connectivity index (χ2v) is 4.93. The van der Waals surface area contributed by atoms with Crippen LogP contribution in [0.25, 0.3) is 0 Å². The summed E-state index contributed by atoms with van der Waals surface area (Å²) < 4.78 is 18.5. The van der Waals surface area contributed by atoms with Crippen molar-refractivity contribution in [2.75, 3.05) is 5.32 Å². The summed E-state index contributed by atoms with van der Waals surface area (Å²) in [6, 6.07) is 12.4. The van der Waals surface area contributed by atoms with Crippen LogP contribution in [0, 0.1) is 17.1 Å². The van der Waals surface area contributed by atoms with Crippen LogP contribution in [0.4, 0.5) is 10.1 Å². The van der Waals surface area contributed by atoms with E-state index in [2.05, 4.69) is 5.32 Å². The summed E-state index contributed by atoms with van der Waals surface area (Å²) in [5, 5.41) is 11.4. The van der Waals surface area contributed by atoms with Crippen LogP contribution in [-0.4, -0.2) is 12.0 Å². The quantitative estimate of drug-likeness (QED) is 0.933. The summed E-state index contributed by atoms with van der Waals surface area (Å²) in [6.45, 7) is 1.56. The Balaban J connectivity index is 2.02. The molecule has 0 radical (unpaired) electrons. The van der Waals surface area contributed by atoms with E-state index in [1.165, 1.54) is 18.2 Å². The SMILES string of the molecule is C[C@@H](Oc1ccc(F)c(Cl)c1)C(=O)Nc1cccc(C#N)c1. The van der Waals surface area contributed by atoms with E-state index in [9.17, 15) is 9.18 Å². The van der Waals surface area contributed by atoms with Crippen molar-refractivity contribution in [2.24, 2.45) is 0 Å². The second-order valence-electron chi connectivity index (χ2n) is 4.52. The maximum atomic E-state index is 13.1. The Bertz CT molecular complexity index is 743. The van der Waals surface area contributed by atoms with Crippen molar-refractivity contribution in [2.45, 2.75) is 13.0 Å². The van der Waals surface area contributed by atoms with Gasteiger partial charge in [-0.3, -0.25) is 4.79 Å². The summed E-state index contributed by atoms with van der Waals surface area (Å²) in [6.07, 6.45) is -0.813. The van der Waals surface area contributed by atoms with Gasteiger partial charge in [-0.05, 0) is 37.3 Å². The third kappa shape index (κ3) is 3.96. The maximum absolute atomic E-state index is 13.1. The van der Waals surface area contributed by atoms with Crippen molar-refractivity contribution in [3.63, 3.8) is 0 Å². The monoisotopic (exact) mass is 318 g/mol. The molecule has 0 aliphatic heterocycles. The molecule has 0 saturated carbocycles.